The summed E-state index contributed by atoms with van der Waals surface area (Å²) in [5, 5.41) is 17.6. The maximum absolute atomic E-state index is 10.9. The van der Waals surface area contributed by atoms with E-state index in [0.717, 1.165) is 22.8 Å². The minimum absolute atomic E-state index is 0.305. The van der Waals surface area contributed by atoms with Gasteiger partial charge in [0, 0.05) is 4.90 Å². The zero-order valence-corrected chi connectivity index (χ0v) is 12.8. The van der Waals surface area contributed by atoms with E-state index in [1.807, 2.05) is 24.3 Å². The number of unbranched alkanes of at least 4 members (excludes halogenated alkanes) is 1. The number of ether oxygens (including phenoxy) is 1. The average molecular weight is 312 g/mol. The van der Waals surface area contributed by atoms with Crippen LogP contribution in [-0.4, -0.2) is 35.0 Å². The lowest BCUT2D eigenvalue weighted by molar-refractivity contribution is -0.148. The normalized spacial score (nSPS) is 11.9. The quantitative estimate of drug-likeness (QED) is 0.510. The molecule has 1 aromatic rings. The molecule has 116 valence electrons. The molecule has 0 saturated carbocycles. The van der Waals surface area contributed by atoms with Crippen LogP contribution in [0.4, 0.5) is 0 Å². The highest BCUT2D eigenvalue weighted by atomic mass is 32.2. The van der Waals surface area contributed by atoms with Crippen LogP contribution >= 0.6 is 11.8 Å². The van der Waals surface area contributed by atoms with Crippen LogP contribution < -0.4 is 4.74 Å². The van der Waals surface area contributed by atoms with Gasteiger partial charge in [-0.2, -0.15) is 0 Å². The summed E-state index contributed by atoms with van der Waals surface area (Å²) in [5.41, 5.74) is 0. The zero-order valence-electron chi connectivity index (χ0n) is 11.9. The van der Waals surface area contributed by atoms with Crippen LogP contribution in [0.2, 0.25) is 0 Å². The number of methoxy groups -OCH3 is 1. The number of benzene rings is 1. The van der Waals surface area contributed by atoms with Crippen molar-refractivity contribution in [1.82, 2.24) is 0 Å². The van der Waals surface area contributed by atoms with Gasteiger partial charge in [-0.1, -0.05) is 6.42 Å². The molecular weight excluding hydrogens is 292 g/mol. The molecule has 0 spiro atoms. The van der Waals surface area contributed by atoms with Crippen LogP contribution in [0.5, 0.6) is 5.75 Å². The van der Waals surface area contributed by atoms with Gasteiger partial charge in [-0.15, -0.1) is 11.8 Å². The summed E-state index contributed by atoms with van der Waals surface area (Å²) in [4.78, 5) is 22.6. The zero-order chi connectivity index (χ0) is 15.7. The third-order valence-corrected chi connectivity index (χ3v) is 4.14. The molecule has 0 aromatic heterocycles. The fourth-order valence-electron chi connectivity index (χ4n) is 1.88. The standard InChI is InChI=1S/C15H20O5S/c1-20-12-5-7-13(8-6-12)21-9-3-2-4-11(15(18)19)10-14(16)17/h5-8,11H,2-4,9-10H2,1H3,(H,16,17)(H,18,19). The van der Waals surface area contributed by atoms with Crippen molar-refractivity contribution in [3.05, 3.63) is 24.3 Å². The Morgan fingerprint density at radius 2 is 1.86 bits per heavy atom. The summed E-state index contributed by atoms with van der Waals surface area (Å²) in [6.07, 6.45) is 1.68. The van der Waals surface area contributed by atoms with Gasteiger partial charge in [-0.05, 0) is 42.9 Å². The molecule has 0 aliphatic carbocycles. The van der Waals surface area contributed by atoms with Crippen LogP contribution in [0.3, 0.4) is 0 Å². The van der Waals surface area contributed by atoms with Crippen molar-refractivity contribution in [2.75, 3.05) is 12.9 Å². The van der Waals surface area contributed by atoms with E-state index in [-0.39, 0.29) is 6.42 Å². The molecule has 0 heterocycles. The van der Waals surface area contributed by atoms with Gasteiger partial charge < -0.3 is 14.9 Å². The van der Waals surface area contributed by atoms with Crippen LogP contribution in [-0.2, 0) is 9.59 Å². The largest absolute Gasteiger partial charge is 0.497 e. The molecular formula is C15H20O5S. The van der Waals surface area contributed by atoms with Gasteiger partial charge in [0.05, 0.1) is 19.4 Å². The molecule has 0 saturated heterocycles. The number of hydrogen-bond acceptors (Lipinski definition) is 4. The highest BCUT2D eigenvalue weighted by Crippen LogP contribution is 2.23. The molecule has 6 heteroatoms. The maximum atomic E-state index is 10.9. The van der Waals surface area contributed by atoms with Gasteiger partial charge in [0.2, 0.25) is 0 Å². The van der Waals surface area contributed by atoms with E-state index in [0.29, 0.717) is 12.8 Å². The van der Waals surface area contributed by atoms with E-state index in [2.05, 4.69) is 0 Å². The van der Waals surface area contributed by atoms with Crippen molar-refractivity contribution < 1.29 is 24.5 Å². The smallest absolute Gasteiger partial charge is 0.307 e. The predicted molar refractivity (Wildman–Crippen MR) is 80.9 cm³/mol. The highest BCUT2D eigenvalue weighted by molar-refractivity contribution is 7.99. The number of hydrogen-bond donors (Lipinski definition) is 2. The highest BCUT2D eigenvalue weighted by Gasteiger charge is 2.20. The number of carboxylic acids is 2. The van der Waals surface area contributed by atoms with Crippen molar-refractivity contribution in [3.8, 4) is 5.75 Å². The molecule has 21 heavy (non-hydrogen) atoms. The van der Waals surface area contributed by atoms with Crippen LogP contribution in [0.15, 0.2) is 29.2 Å². The van der Waals surface area contributed by atoms with Gasteiger partial charge in [0.15, 0.2) is 0 Å². The SMILES string of the molecule is COc1ccc(SCCCCC(CC(=O)O)C(=O)O)cc1. The minimum Gasteiger partial charge on any atom is -0.497 e. The molecule has 5 nitrogen and oxygen atoms in total. The van der Waals surface area contributed by atoms with Crippen molar-refractivity contribution in [3.63, 3.8) is 0 Å². The lowest BCUT2D eigenvalue weighted by Gasteiger charge is -2.09. The van der Waals surface area contributed by atoms with E-state index >= 15 is 0 Å². The predicted octanol–water partition coefficient (Wildman–Crippen LogP) is 3.13. The van der Waals surface area contributed by atoms with Crippen molar-refractivity contribution in [2.24, 2.45) is 5.92 Å². The van der Waals surface area contributed by atoms with Gasteiger partial charge in [0.25, 0.3) is 0 Å². The van der Waals surface area contributed by atoms with Gasteiger partial charge in [-0.3, -0.25) is 9.59 Å². The molecule has 0 fully saturated rings. The van der Waals surface area contributed by atoms with Gasteiger partial charge in [0.1, 0.15) is 5.75 Å². The second-order valence-electron chi connectivity index (χ2n) is 4.65. The minimum atomic E-state index is -1.06. The second kappa shape index (κ2) is 9.28. The fraction of sp³-hybridized carbons (Fsp3) is 0.467. The maximum Gasteiger partial charge on any atom is 0.307 e. The molecule has 1 atom stereocenters. The average Bonchev–Trinajstić information content (AvgIpc) is 2.45. The van der Waals surface area contributed by atoms with E-state index in [4.69, 9.17) is 14.9 Å². The number of rotatable bonds is 10. The van der Waals surface area contributed by atoms with E-state index in [9.17, 15) is 9.59 Å². The third kappa shape index (κ3) is 7.04. The van der Waals surface area contributed by atoms with Crippen LogP contribution in [0, 0.1) is 5.92 Å². The van der Waals surface area contributed by atoms with E-state index < -0.39 is 17.9 Å². The monoisotopic (exact) mass is 312 g/mol. The van der Waals surface area contributed by atoms with Gasteiger partial charge >= 0.3 is 11.9 Å². The molecule has 2 N–H and O–H groups in total. The van der Waals surface area contributed by atoms with Crippen molar-refractivity contribution in [1.29, 1.82) is 0 Å². The Hall–Kier alpha value is -1.69. The second-order valence-corrected chi connectivity index (χ2v) is 5.82. The topological polar surface area (TPSA) is 83.8 Å². The van der Waals surface area contributed by atoms with Crippen molar-refractivity contribution in [2.45, 2.75) is 30.6 Å². The summed E-state index contributed by atoms with van der Waals surface area (Å²) in [7, 11) is 1.62. The van der Waals surface area contributed by atoms with E-state index in [1.54, 1.807) is 18.9 Å². The summed E-state index contributed by atoms with van der Waals surface area (Å²) >= 11 is 1.69. The molecule has 0 bridgehead atoms. The Morgan fingerprint density at radius 3 is 2.38 bits per heavy atom. The Bertz CT molecular complexity index is 458. The fourth-order valence-corrected chi connectivity index (χ4v) is 2.79. The Kier molecular flexibility index (Phi) is 7.68. The first kappa shape index (κ1) is 17.4. The Labute approximate surface area is 128 Å². The van der Waals surface area contributed by atoms with E-state index in [1.165, 1.54) is 0 Å². The Balaban J connectivity index is 2.23. The van der Waals surface area contributed by atoms with Crippen molar-refractivity contribution >= 4 is 23.7 Å². The third-order valence-electron chi connectivity index (χ3n) is 3.05. The van der Waals surface area contributed by atoms with Gasteiger partial charge in [-0.25, -0.2) is 0 Å². The molecule has 1 aromatic carbocycles. The molecule has 0 aliphatic rings. The first-order valence-electron chi connectivity index (χ1n) is 6.74. The lowest BCUT2D eigenvalue weighted by atomic mass is 9.99. The summed E-state index contributed by atoms with van der Waals surface area (Å²) in [6.45, 7) is 0. The van der Waals surface area contributed by atoms with Crippen LogP contribution in [0.1, 0.15) is 25.7 Å². The lowest BCUT2D eigenvalue weighted by Crippen LogP contribution is -2.17. The summed E-state index contributed by atoms with van der Waals surface area (Å²) in [6, 6.07) is 7.76. The van der Waals surface area contributed by atoms with Crippen LogP contribution in [0.25, 0.3) is 0 Å². The first-order chi connectivity index (χ1) is 10.0. The molecule has 1 unspecified atom stereocenters. The molecule has 0 amide bonds. The number of carbonyl (C=O) groups is 2. The first-order valence-corrected chi connectivity index (χ1v) is 7.73. The molecule has 1 rings (SSSR count). The Morgan fingerprint density at radius 1 is 1.19 bits per heavy atom. The number of aliphatic carboxylic acids is 2. The molecule has 0 aliphatic heterocycles. The number of carboxylic acid groups (broad SMARTS) is 2. The number of thioether (sulfide) groups is 1. The summed E-state index contributed by atoms with van der Waals surface area (Å²) in [5.74, 6) is -1.17. The summed E-state index contributed by atoms with van der Waals surface area (Å²) < 4.78 is 5.08. The molecule has 0 radical (unpaired) electrons.